The van der Waals surface area contributed by atoms with Crippen molar-refractivity contribution >= 4 is 17.2 Å². The smallest absolute Gasteiger partial charge is 0.274 e. The molecule has 96 valence electrons. The fraction of sp³-hybridized carbons (Fsp3) is 0.333. The van der Waals surface area contributed by atoms with Crippen LogP contribution < -0.4 is 0 Å². The highest BCUT2D eigenvalue weighted by Crippen LogP contribution is 2.23. The molecular weight excluding hydrogens is 250 g/mol. The average molecular weight is 265 g/mol. The van der Waals surface area contributed by atoms with Crippen LogP contribution in [-0.4, -0.2) is 45.8 Å². The Bertz CT molecular complexity index is 521. The molecule has 2 N–H and O–H groups in total. The van der Waals surface area contributed by atoms with Crippen molar-refractivity contribution in [2.75, 3.05) is 13.7 Å². The fourth-order valence-electron chi connectivity index (χ4n) is 1.49. The number of nitrogens with one attached hydrogen (secondary N) is 1. The number of carbonyl (C=O) groups is 1. The minimum absolute atomic E-state index is 0.0650. The van der Waals surface area contributed by atoms with Crippen LogP contribution in [0.5, 0.6) is 0 Å². The van der Waals surface area contributed by atoms with Gasteiger partial charge in [-0.3, -0.25) is 9.89 Å². The van der Waals surface area contributed by atoms with Crippen LogP contribution in [-0.2, 0) is 0 Å². The van der Waals surface area contributed by atoms with Gasteiger partial charge in [-0.15, -0.1) is 11.3 Å². The van der Waals surface area contributed by atoms with Crippen LogP contribution in [0.25, 0.3) is 10.6 Å². The van der Waals surface area contributed by atoms with E-state index in [1.54, 1.807) is 31.4 Å². The maximum absolute atomic E-state index is 12.1. The second-order valence-corrected chi connectivity index (χ2v) is 5.04. The number of carbonyl (C=O) groups excluding carboxylic acids is 1. The number of aromatic amines is 1. The van der Waals surface area contributed by atoms with Crippen molar-refractivity contribution in [3.63, 3.8) is 0 Å². The summed E-state index contributed by atoms with van der Waals surface area (Å²) in [5.74, 6) is -0.199. The zero-order valence-electron chi connectivity index (χ0n) is 10.3. The number of aromatic nitrogens is 2. The summed E-state index contributed by atoms with van der Waals surface area (Å²) in [6.45, 7) is 1.72. The molecule has 2 heterocycles. The topological polar surface area (TPSA) is 69.2 Å². The van der Waals surface area contributed by atoms with E-state index in [9.17, 15) is 4.79 Å². The normalized spacial score (nSPS) is 12.4. The number of H-pyrrole nitrogens is 1. The number of thiophene rings is 1. The molecule has 1 amide bonds. The summed E-state index contributed by atoms with van der Waals surface area (Å²) in [6.07, 6.45) is 0. The molecule has 2 aromatic heterocycles. The molecule has 0 saturated heterocycles. The molecule has 5 nitrogen and oxygen atoms in total. The molecule has 2 rings (SSSR count). The van der Waals surface area contributed by atoms with E-state index in [0.29, 0.717) is 5.69 Å². The molecule has 2 aromatic rings. The van der Waals surface area contributed by atoms with E-state index in [-0.39, 0.29) is 18.6 Å². The number of aliphatic hydroxyl groups is 1. The van der Waals surface area contributed by atoms with E-state index in [1.807, 2.05) is 17.5 Å². The predicted molar refractivity (Wildman–Crippen MR) is 70.5 cm³/mol. The van der Waals surface area contributed by atoms with Gasteiger partial charge in [0.05, 0.1) is 23.2 Å². The lowest BCUT2D eigenvalue weighted by molar-refractivity contribution is 0.0676. The number of hydrogen-bond acceptors (Lipinski definition) is 4. The van der Waals surface area contributed by atoms with Gasteiger partial charge in [0.2, 0.25) is 0 Å². The van der Waals surface area contributed by atoms with Crippen molar-refractivity contribution in [1.82, 2.24) is 15.1 Å². The Kier molecular flexibility index (Phi) is 3.78. The van der Waals surface area contributed by atoms with Gasteiger partial charge in [-0.1, -0.05) is 6.07 Å². The van der Waals surface area contributed by atoms with Gasteiger partial charge in [0.15, 0.2) is 5.69 Å². The first-order valence-electron chi connectivity index (χ1n) is 5.60. The lowest BCUT2D eigenvalue weighted by Crippen LogP contribution is -2.37. The molecule has 0 bridgehead atoms. The highest BCUT2D eigenvalue weighted by Gasteiger charge is 2.19. The van der Waals surface area contributed by atoms with Gasteiger partial charge >= 0.3 is 0 Å². The van der Waals surface area contributed by atoms with E-state index in [1.165, 1.54) is 4.90 Å². The molecule has 0 radical (unpaired) electrons. The molecule has 0 aliphatic heterocycles. The molecule has 1 unspecified atom stereocenters. The third-order valence-corrected chi connectivity index (χ3v) is 3.73. The number of hydrogen-bond donors (Lipinski definition) is 2. The summed E-state index contributed by atoms with van der Waals surface area (Å²) < 4.78 is 0. The lowest BCUT2D eigenvalue weighted by Gasteiger charge is -2.21. The van der Waals surface area contributed by atoms with Crippen LogP contribution in [0.3, 0.4) is 0 Å². The maximum Gasteiger partial charge on any atom is 0.274 e. The Balaban J connectivity index is 2.18. The zero-order chi connectivity index (χ0) is 13.1. The zero-order valence-corrected chi connectivity index (χ0v) is 11.1. The van der Waals surface area contributed by atoms with E-state index >= 15 is 0 Å². The minimum atomic E-state index is -0.223. The third-order valence-electron chi connectivity index (χ3n) is 2.83. The van der Waals surface area contributed by atoms with Gasteiger partial charge in [0.25, 0.3) is 5.91 Å². The van der Waals surface area contributed by atoms with Gasteiger partial charge in [0.1, 0.15) is 0 Å². The van der Waals surface area contributed by atoms with Crippen molar-refractivity contribution in [2.45, 2.75) is 13.0 Å². The van der Waals surface area contributed by atoms with Crippen molar-refractivity contribution in [1.29, 1.82) is 0 Å². The largest absolute Gasteiger partial charge is 0.394 e. The summed E-state index contributed by atoms with van der Waals surface area (Å²) >= 11 is 1.58. The third kappa shape index (κ3) is 2.44. The number of amides is 1. The standard InChI is InChI=1S/C12H15N3O2S/c1-8(7-16)15(2)12(17)10-6-9(13-14-10)11-4-3-5-18-11/h3-6,8,16H,7H2,1-2H3,(H,13,14). The van der Waals surface area contributed by atoms with Gasteiger partial charge in [-0.25, -0.2) is 0 Å². The first-order chi connectivity index (χ1) is 8.63. The van der Waals surface area contributed by atoms with Gasteiger partial charge < -0.3 is 10.0 Å². The van der Waals surface area contributed by atoms with Gasteiger partial charge in [0, 0.05) is 7.05 Å². The first-order valence-corrected chi connectivity index (χ1v) is 6.48. The second-order valence-electron chi connectivity index (χ2n) is 4.09. The van der Waals surface area contributed by atoms with Gasteiger partial charge in [-0.2, -0.15) is 5.10 Å². The van der Waals surface area contributed by atoms with Crippen molar-refractivity contribution in [3.8, 4) is 10.6 Å². The molecule has 6 heteroatoms. The average Bonchev–Trinajstić information content (AvgIpc) is 3.05. The fourth-order valence-corrected chi connectivity index (χ4v) is 2.19. The van der Waals surface area contributed by atoms with Crippen LogP contribution >= 0.6 is 11.3 Å². The van der Waals surface area contributed by atoms with Crippen LogP contribution in [0.4, 0.5) is 0 Å². The number of rotatable bonds is 4. The van der Waals surface area contributed by atoms with Crippen molar-refractivity contribution in [2.24, 2.45) is 0 Å². The molecule has 0 saturated carbocycles. The summed E-state index contributed by atoms with van der Waals surface area (Å²) in [6, 6.07) is 5.42. The van der Waals surface area contributed by atoms with E-state index < -0.39 is 0 Å². The summed E-state index contributed by atoms with van der Waals surface area (Å²) in [7, 11) is 1.66. The molecule has 0 spiro atoms. The highest BCUT2D eigenvalue weighted by atomic mass is 32.1. The molecule has 1 atom stereocenters. The summed E-state index contributed by atoms with van der Waals surface area (Å²) in [4.78, 5) is 14.6. The monoisotopic (exact) mass is 265 g/mol. The Morgan fingerprint density at radius 1 is 1.67 bits per heavy atom. The Labute approximate surface area is 109 Å². The molecular formula is C12H15N3O2S. The predicted octanol–water partition coefficient (Wildman–Crippen LogP) is 1.59. The van der Waals surface area contributed by atoms with E-state index in [4.69, 9.17) is 5.11 Å². The quantitative estimate of drug-likeness (QED) is 0.882. The van der Waals surface area contributed by atoms with Crippen LogP contribution in [0.1, 0.15) is 17.4 Å². The molecule has 0 aliphatic carbocycles. The summed E-state index contributed by atoms with van der Waals surface area (Å²) in [5.41, 5.74) is 1.19. The van der Waals surface area contributed by atoms with Crippen LogP contribution in [0.2, 0.25) is 0 Å². The SMILES string of the molecule is CC(CO)N(C)C(=O)c1cc(-c2cccs2)[nH]n1. The first kappa shape index (κ1) is 12.8. The Hall–Kier alpha value is -1.66. The summed E-state index contributed by atoms with van der Waals surface area (Å²) in [5, 5.41) is 17.9. The van der Waals surface area contributed by atoms with E-state index in [0.717, 1.165) is 10.6 Å². The number of nitrogens with zero attached hydrogens (tertiary/aromatic N) is 2. The van der Waals surface area contributed by atoms with Gasteiger partial charge in [-0.05, 0) is 24.4 Å². The highest BCUT2D eigenvalue weighted by molar-refractivity contribution is 7.13. The number of likely N-dealkylation sites (N-methyl/N-ethyl adjacent to an activating group) is 1. The molecule has 18 heavy (non-hydrogen) atoms. The minimum Gasteiger partial charge on any atom is -0.394 e. The Morgan fingerprint density at radius 2 is 2.44 bits per heavy atom. The van der Waals surface area contributed by atoms with Crippen LogP contribution in [0.15, 0.2) is 23.6 Å². The van der Waals surface area contributed by atoms with E-state index in [2.05, 4.69) is 10.2 Å². The molecule has 0 fully saturated rings. The molecule has 0 aliphatic rings. The number of aliphatic hydroxyl groups excluding tert-OH is 1. The van der Waals surface area contributed by atoms with Crippen LogP contribution in [0, 0.1) is 0 Å². The van der Waals surface area contributed by atoms with Crippen molar-refractivity contribution in [3.05, 3.63) is 29.3 Å². The maximum atomic E-state index is 12.1. The Morgan fingerprint density at radius 3 is 3.06 bits per heavy atom. The lowest BCUT2D eigenvalue weighted by atomic mass is 10.2. The second kappa shape index (κ2) is 5.32. The van der Waals surface area contributed by atoms with Crippen molar-refractivity contribution < 1.29 is 9.90 Å². The molecule has 0 aromatic carbocycles.